The van der Waals surface area contributed by atoms with Gasteiger partial charge >= 0.3 is 5.97 Å². The predicted molar refractivity (Wildman–Crippen MR) is 208 cm³/mol. The fraction of sp³-hybridized carbons (Fsp3) is 0.256. The van der Waals surface area contributed by atoms with Crippen LogP contribution in [0.25, 0.3) is 22.1 Å². The normalized spacial score (nSPS) is 10.9. The van der Waals surface area contributed by atoms with Crippen LogP contribution in [0.3, 0.4) is 0 Å². The molecule has 288 valence electrons. The zero-order chi connectivity index (χ0) is 41.9. The molecular weight excluding hydrogens is 729 g/mol. The minimum absolute atomic E-state index is 0.0334. The van der Waals surface area contributed by atoms with E-state index in [1.807, 2.05) is 6.07 Å². The Kier molecular flexibility index (Phi) is 13.7. The van der Waals surface area contributed by atoms with Crippen LogP contribution < -0.4 is 5.73 Å². The highest BCUT2D eigenvalue weighted by Gasteiger charge is 2.24. The highest BCUT2D eigenvalue weighted by atomic mass is 19.1. The number of hydrogen-bond acceptors (Lipinski definition) is 9. The predicted octanol–water partition coefficient (Wildman–Crippen LogP) is 7.13. The molecule has 3 N–H and O–H groups in total. The Balaban J connectivity index is 0.000000209. The van der Waals surface area contributed by atoms with Gasteiger partial charge < -0.3 is 20.0 Å². The highest BCUT2D eigenvalue weighted by molar-refractivity contribution is 5.85. The lowest BCUT2D eigenvalue weighted by Crippen LogP contribution is -2.16. The van der Waals surface area contributed by atoms with Gasteiger partial charge in [0, 0.05) is 24.1 Å². The smallest absolute Gasteiger partial charge is 0.323 e. The molecule has 0 aliphatic carbocycles. The summed E-state index contributed by atoms with van der Waals surface area (Å²) >= 11 is 0. The number of aliphatic carboxylic acids is 1. The molecule has 0 atom stereocenters. The van der Waals surface area contributed by atoms with Gasteiger partial charge in [-0.3, -0.25) is 9.59 Å². The lowest BCUT2D eigenvalue weighted by Gasteiger charge is -2.17. The Morgan fingerprint density at radius 1 is 0.719 bits per heavy atom. The Hall–Kier alpha value is -7.26. The maximum absolute atomic E-state index is 14.3. The number of aromatic nitrogens is 4. The monoisotopic (exact) mass is 767 g/mol. The van der Waals surface area contributed by atoms with Crippen LogP contribution >= 0.6 is 0 Å². The number of imidazole rings is 2. The summed E-state index contributed by atoms with van der Waals surface area (Å²) in [6, 6.07) is 28.2. The van der Waals surface area contributed by atoms with Crippen LogP contribution in [-0.2, 0) is 46.5 Å². The zero-order valence-electron chi connectivity index (χ0n) is 31.8. The number of aryl methyl sites for hydroxylation is 1. The number of ketones is 1. The van der Waals surface area contributed by atoms with Gasteiger partial charge in [0.25, 0.3) is 0 Å². The number of carbonyl (C=O) groups excluding carboxylic acids is 1. The van der Waals surface area contributed by atoms with E-state index in [1.54, 1.807) is 99.3 Å². The van der Waals surface area contributed by atoms with Gasteiger partial charge in [0.1, 0.15) is 30.3 Å². The largest absolute Gasteiger partial charge is 0.480 e. The van der Waals surface area contributed by atoms with Crippen LogP contribution in [0.15, 0.2) is 85.5 Å². The molecule has 0 aliphatic rings. The molecule has 0 aliphatic heterocycles. The van der Waals surface area contributed by atoms with E-state index in [0.717, 1.165) is 5.56 Å². The molecule has 0 radical (unpaired) electrons. The maximum atomic E-state index is 14.3. The van der Waals surface area contributed by atoms with Crippen molar-refractivity contribution in [3.05, 3.63) is 130 Å². The molecule has 0 fully saturated rings. The highest BCUT2D eigenvalue weighted by Crippen LogP contribution is 2.27. The maximum Gasteiger partial charge on any atom is 0.323 e. The molecule has 2 aromatic heterocycles. The van der Waals surface area contributed by atoms with Crippen molar-refractivity contribution in [2.75, 3.05) is 0 Å². The van der Waals surface area contributed by atoms with Gasteiger partial charge in [-0.2, -0.15) is 21.0 Å². The van der Waals surface area contributed by atoms with Crippen molar-refractivity contribution in [1.29, 1.82) is 21.0 Å². The van der Waals surface area contributed by atoms with E-state index in [4.69, 9.17) is 26.6 Å². The van der Waals surface area contributed by atoms with Gasteiger partial charge in [0.2, 0.25) is 0 Å². The number of hydrogen-bond donors (Lipinski definition) is 2. The van der Waals surface area contributed by atoms with Crippen LogP contribution in [0.2, 0.25) is 0 Å². The van der Waals surface area contributed by atoms with Crippen LogP contribution in [-0.4, -0.2) is 36.0 Å². The van der Waals surface area contributed by atoms with Crippen molar-refractivity contribution in [3.63, 3.8) is 0 Å². The fourth-order valence-electron chi connectivity index (χ4n) is 5.91. The van der Waals surface area contributed by atoms with Crippen LogP contribution in [0.4, 0.5) is 8.78 Å². The number of halogens is 2. The summed E-state index contributed by atoms with van der Waals surface area (Å²) in [5, 5.41) is 44.8. The number of carboxylic acid groups (broad SMARTS) is 1. The first kappa shape index (κ1) is 42.5. The molecule has 14 heteroatoms. The van der Waals surface area contributed by atoms with E-state index < -0.39 is 22.6 Å². The van der Waals surface area contributed by atoms with E-state index in [9.17, 15) is 23.6 Å². The number of nitrogens with zero attached hydrogens (tertiary/aromatic N) is 8. The first-order chi connectivity index (χ1) is 27.1. The molecule has 6 aromatic rings. The quantitative estimate of drug-likeness (QED) is 0.144. The van der Waals surface area contributed by atoms with Gasteiger partial charge in [-0.15, -0.1) is 0 Å². The number of nitriles is 4. The topological polar surface area (TPSA) is 211 Å². The number of nitrogens with two attached hydrogens (primary N) is 1. The average molecular weight is 768 g/mol. The SMILES string of the molecule is CC(C)(C#N)c1ccc(CCC(=O)Cn2cnc3cccc(C#N)c32)cc1F.CC(C)(C#N)c1ccc(CN)cc1F.N#Cc1cccc2ncn(CC(=O)O)c12. The summed E-state index contributed by atoms with van der Waals surface area (Å²) in [4.78, 5) is 31.3. The summed E-state index contributed by atoms with van der Waals surface area (Å²) in [7, 11) is 0. The summed E-state index contributed by atoms with van der Waals surface area (Å²) in [5.41, 5.74) is 9.31. The number of carboxylic acids is 1. The van der Waals surface area contributed by atoms with Crippen LogP contribution in [0.5, 0.6) is 0 Å². The standard InChI is InChI=1S/C22H19FN4O.C11H13FN2.C10H7N3O2/c1-22(2,13-25)18-9-7-15(10-19(18)23)6-8-17(28)12-27-14-26-20-5-3-4-16(11-24)21(20)27;1-11(2,7-14)9-4-3-8(6-13)5-10(9)12;11-4-7-2-1-3-8-10(7)13(6-12-8)5-9(14)15/h3-5,7,9-10,14H,6,8,12H2,1-2H3;3-5H,6,13H2,1-2H3;1-3,6H,5H2,(H,14,15). The second kappa shape index (κ2) is 18.4. The molecule has 0 spiro atoms. The van der Waals surface area contributed by atoms with Gasteiger partial charge in [-0.1, -0.05) is 36.4 Å². The third kappa shape index (κ3) is 10.3. The number of para-hydroxylation sites is 2. The molecule has 2 heterocycles. The molecule has 0 bridgehead atoms. The van der Waals surface area contributed by atoms with Crippen molar-refractivity contribution >= 4 is 33.8 Å². The van der Waals surface area contributed by atoms with Crippen molar-refractivity contribution in [1.82, 2.24) is 19.1 Å². The summed E-state index contributed by atoms with van der Waals surface area (Å²) in [6.07, 6.45) is 3.64. The second-order valence-corrected chi connectivity index (χ2v) is 14.1. The van der Waals surface area contributed by atoms with Gasteiger partial charge in [-0.05, 0) is 81.6 Å². The van der Waals surface area contributed by atoms with E-state index in [1.165, 1.54) is 23.0 Å². The Labute approximate surface area is 328 Å². The van der Waals surface area contributed by atoms with Crippen molar-refractivity contribution in [3.8, 4) is 24.3 Å². The first-order valence-corrected chi connectivity index (χ1v) is 17.6. The minimum Gasteiger partial charge on any atom is -0.480 e. The molecule has 0 saturated heterocycles. The summed E-state index contributed by atoms with van der Waals surface area (Å²) < 4.78 is 31.0. The van der Waals surface area contributed by atoms with Crippen molar-refractivity contribution in [2.24, 2.45) is 5.73 Å². The van der Waals surface area contributed by atoms with E-state index in [2.05, 4.69) is 28.2 Å². The molecule has 57 heavy (non-hydrogen) atoms. The number of benzene rings is 4. The molecule has 6 rings (SSSR count). The molecular formula is C43H39F2N9O3. The Morgan fingerprint density at radius 2 is 1.18 bits per heavy atom. The third-order valence-electron chi connectivity index (χ3n) is 9.07. The van der Waals surface area contributed by atoms with Crippen molar-refractivity contribution < 1.29 is 23.5 Å². The minimum atomic E-state index is -0.956. The van der Waals surface area contributed by atoms with Crippen molar-refractivity contribution in [2.45, 2.75) is 71.0 Å². The van der Waals surface area contributed by atoms with Gasteiger partial charge in [0.15, 0.2) is 5.78 Å². The molecule has 0 amide bonds. The Bertz CT molecular complexity index is 2620. The number of fused-ring (bicyclic) bond motifs is 2. The number of carbonyl (C=O) groups is 2. The zero-order valence-corrected chi connectivity index (χ0v) is 31.8. The number of Topliss-reactive ketones (excluding diaryl/α,β-unsaturated/α-hetero) is 1. The van der Waals surface area contributed by atoms with Gasteiger partial charge in [0.05, 0.1) is 75.4 Å². The first-order valence-electron chi connectivity index (χ1n) is 17.6. The van der Waals surface area contributed by atoms with E-state index in [0.29, 0.717) is 62.8 Å². The van der Waals surface area contributed by atoms with E-state index >= 15 is 0 Å². The third-order valence-corrected chi connectivity index (χ3v) is 9.07. The summed E-state index contributed by atoms with van der Waals surface area (Å²) in [5.74, 6) is -1.79. The number of rotatable bonds is 10. The van der Waals surface area contributed by atoms with Crippen LogP contribution in [0, 0.1) is 57.0 Å². The van der Waals surface area contributed by atoms with E-state index in [-0.39, 0.29) is 31.1 Å². The van der Waals surface area contributed by atoms with Gasteiger partial charge in [-0.25, -0.2) is 18.7 Å². The van der Waals surface area contributed by atoms with Crippen LogP contribution in [0.1, 0.15) is 67.5 Å². The molecule has 12 nitrogen and oxygen atoms in total. The Morgan fingerprint density at radius 3 is 1.60 bits per heavy atom. The lowest BCUT2D eigenvalue weighted by atomic mass is 9.85. The lowest BCUT2D eigenvalue weighted by molar-refractivity contribution is -0.137. The molecule has 4 aromatic carbocycles. The summed E-state index contributed by atoms with van der Waals surface area (Å²) in [6.45, 7) is 6.94. The fourth-order valence-corrected chi connectivity index (χ4v) is 5.91. The molecule has 0 unspecified atom stereocenters. The second-order valence-electron chi connectivity index (χ2n) is 14.1. The molecule has 0 saturated carbocycles. The average Bonchev–Trinajstić information content (AvgIpc) is 3.80.